The maximum absolute atomic E-state index is 12.1. The number of carbonyl (C=O) groups excluding carboxylic acids is 1. The first-order valence-corrected chi connectivity index (χ1v) is 8.68. The molecule has 0 aliphatic carbocycles. The van der Waals surface area contributed by atoms with E-state index in [9.17, 15) is 4.79 Å². The van der Waals surface area contributed by atoms with Gasteiger partial charge >= 0.3 is 0 Å². The van der Waals surface area contributed by atoms with E-state index < -0.39 is 0 Å². The Balaban J connectivity index is 1.46. The molecule has 3 aromatic rings. The number of H-pyrrole nitrogens is 1. The van der Waals surface area contributed by atoms with Crippen LogP contribution < -0.4 is 5.32 Å². The predicted octanol–water partition coefficient (Wildman–Crippen LogP) is 3.26. The maximum Gasteiger partial charge on any atom is 0.220 e. The third-order valence-electron chi connectivity index (χ3n) is 4.57. The number of hydrogen-bond donors (Lipinski definition) is 3. The second-order valence-electron chi connectivity index (χ2n) is 6.39. The van der Waals surface area contributed by atoms with Crippen molar-refractivity contribution in [2.75, 3.05) is 6.54 Å². The molecular weight excluding hydrogens is 312 g/mol. The number of aliphatic hydroxyl groups excluding tert-OH is 1. The number of fused-ring (bicyclic) bond motifs is 1. The summed E-state index contributed by atoms with van der Waals surface area (Å²) in [6.07, 6.45) is 4.03. The Morgan fingerprint density at radius 1 is 1.08 bits per heavy atom. The molecule has 0 spiro atoms. The number of amides is 1. The fourth-order valence-corrected chi connectivity index (χ4v) is 3.07. The van der Waals surface area contributed by atoms with E-state index >= 15 is 0 Å². The Morgan fingerprint density at radius 3 is 2.60 bits per heavy atom. The number of aromatic amines is 1. The van der Waals surface area contributed by atoms with Gasteiger partial charge in [0.2, 0.25) is 5.91 Å². The van der Waals surface area contributed by atoms with E-state index in [-0.39, 0.29) is 12.5 Å². The molecule has 25 heavy (non-hydrogen) atoms. The van der Waals surface area contributed by atoms with Crippen LogP contribution in [0.1, 0.15) is 28.7 Å². The van der Waals surface area contributed by atoms with Gasteiger partial charge in [0.1, 0.15) is 0 Å². The monoisotopic (exact) mass is 336 g/mol. The summed E-state index contributed by atoms with van der Waals surface area (Å²) in [5.41, 5.74) is 5.63. The third-order valence-corrected chi connectivity index (χ3v) is 4.57. The highest BCUT2D eigenvalue weighted by atomic mass is 16.3. The summed E-state index contributed by atoms with van der Waals surface area (Å²) in [4.78, 5) is 15.4. The Labute approximate surface area is 147 Å². The first kappa shape index (κ1) is 17.2. The molecule has 0 atom stereocenters. The largest absolute Gasteiger partial charge is 0.392 e. The maximum atomic E-state index is 12.1. The van der Waals surface area contributed by atoms with Gasteiger partial charge in [-0.25, -0.2) is 0 Å². The second kappa shape index (κ2) is 7.99. The highest BCUT2D eigenvalue weighted by molar-refractivity contribution is 5.86. The lowest BCUT2D eigenvalue weighted by atomic mass is 10.1. The number of aryl methyl sites for hydroxylation is 2. The van der Waals surface area contributed by atoms with Gasteiger partial charge in [0.15, 0.2) is 0 Å². The zero-order valence-corrected chi connectivity index (χ0v) is 14.5. The average molecular weight is 336 g/mol. The molecule has 4 nitrogen and oxygen atoms in total. The van der Waals surface area contributed by atoms with Gasteiger partial charge in [0.25, 0.3) is 0 Å². The predicted molar refractivity (Wildman–Crippen MR) is 100 cm³/mol. The quantitative estimate of drug-likeness (QED) is 0.620. The van der Waals surface area contributed by atoms with Gasteiger partial charge in [-0.15, -0.1) is 0 Å². The molecule has 0 aliphatic rings. The van der Waals surface area contributed by atoms with Crippen molar-refractivity contribution in [3.63, 3.8) is 0 Å². The standard InChI is InChI=1S/C21H24N2O2/c1-15-3-2-4-19-18(13-23-21(15)19)9-10-20(25)22-12-11-16-5-7-17(14-24)8-6-16/h2-8,13,23-24H,9-12,14H2,1H3,(H,22,25). The van der Waals surface area contributed by atoms with Gasteiger partial charge in [0, 0.05) is 30.1 Å². The normalized spacial score (nSPS) is 11.0. The second-order valence-corrected chi connectivity index (χ2v) is 6.39. The molecule has 0 saturated heterocycles. The Kier molecular flexibility index (Phi) is 5.51. The lowest BCUT2D eigenvalue weighted by Gasteiger charge is -2.06. The molecule has 0 unspecified atom stereocenters. The molecule has 0 radical (unpaired) electrons. The molecule has 130 valence electrons. The van der Waals surface area contributed by atoms with Crippen molar-refractivity contribution < 1.29 is 9.90 Å². The fourth-order valence-electron chi connectivity index (χ4n) is 3.07. The van der Waals surface area contributed by atoms with Crippen LogP contribution in [0.15, 0.2) is 48.7 Å². The van der Waals surface area contributed by atoms with Crippen molar-refractivity contribution in [3.05, 3.63) is 70.9 Å². The van der Waals surface area contributed by atoms with Crippen molar-refractivity contribution in [2.24, 2.45) is 0 Å². The number of nitrogens with one attached hydrogen (secondary N) is 2. The first-order chi connectivity index (χ1) is 12.2. The summed E-state index contributed by atoms with van der Waals surface area (Å²) in [6, 6.07) is 14.0. The summed E-state index contributed by atoms with van der Waals surface area (Å²) < 4.78 is 0. The van der Waals surface area contributed by atoms with Crippen molar-refractivity contribution in [2.45, 2.75) is 32.8 Å². The number of rotatable bonds is 7. The van der Waals surface area contributed by atoms with Gasteiger partial charge in [-0.2, -0.15) is 0 Å². The zero-order valence-electron chi connectivity index (χ0n) is 14.5. The van der Waals surface area contributed by atoms with Gasteiger partial charge < -0.3 is 15.4 Å². The Hall–Kier alpha value is -2.59. The van der Waals surface area contributed by atoms with Crippen molar-refractivity contribution >= 4 is 16.8 Å². The SMILES string of the molecule is Cc1cccc2c(CCC(=O)NCCc3ccc(CO)cc3)c[nH]c12. The van der Waals surface area contributed by atoms with Crippen molar-refractivity contribution in [1.29, 1.82) is 0 Å². The number of aliphatic hydroxyl groups is 1. The van der Waals surface area contributed by atoms with E-state index in [0.717, 1.165) is 29.5 Å². The van der Waals surface area contributed by atoms with E-state index in [1.807, 2.05) is 30.5 Å². The smallest absolute Gasteiger partial charge is 0.220 e. The molecule has 0 bridgehead atoms. The number of carbonyl (C=O) groups is 1. The minimum atomic E-state index is 0.0599. The molecule has 1 amide bonds. The topological polar surface area (TPSA) is 65.1 Å². The molecular formula is C21H24N2O2. The molecule has 1 aromatic heterocycles. The Morgan fingerprint density at radius 2 is 1.84 bits per heavy atom. The lowest BCUT2D eigenvalue weighted by Crippen LogP contribution is -2.25. The van der Waals surface area contributed by atoms with Gasteiger partial charge in [-0.05, 0) is 42.0 Å². The molecule has 1 heterocycles. The van der Waals surface area contributed by atoms with Crippen molar-refractivity contribution in [1.82, 2.24) is 10.3 Å². The third kappa shape index (κ3) is 4.28. The molecule has 3 N–H and O–H groups in total. The fraction of sp³-hybridized carbons (Fsp3) is 0.286. The summed E-state index contributed by atoms with van der Waals surface area (Å²) >= 11 is 0. The number of hydrogen-bond acceptors (Lipinski definition) is 2. The van der Waals surface area contributed by atoms with Gasteiger partial charge in [-0.3, -0.25) is 4.79 Å². The number of para-hydroxylation sites is 1. The van der Waals surface area contributed by atoms with Crippen LogP contribution in [0, 0.1) is 6.92 Å². The van der Waals surface area contributed by atoms with Crippen LogP contribution in [-0.4, -0.2) is 22.5 Å². The summed E-state index contributed by atoms with van der Waals surface area (Å²) in [5.74, 6) is 0.0778. The molecule has 0 aliphatic heterocycles. The summed E-state index contributed by atoms with van der Waals surface area (Å²) in [7, 11) is 0. The highest BCUT2D eigenvalue weighted by Gasteiger charge is 2.08. The minimum Gasteiger partial charge on any atom is -0.392 e. The zero-order chi connectivity index (χ0) is 17.6. The van der Waals surface area contributed by atoms with Crippen LogP contribution in [0.25, 0.3) is 10.9 Å². The summed E-state index contributed by atoms with van der Waals surface area (Å²) in [5, 5.41) is 13.2. The van der Waals surface area contributed by atoms with Crippen LogP contribution in [0.3, 0.4) is 0 Å². The van der Waals surface area contributed by atoms with Gasteiger partial charge in [-0.1, -0.05) is 42.5 Å². The molecule has 3 rings (SSSR count). The number of aromatic nitrogens is 1. The van der Waals surface area contributed by atoms with Crippen molar-refractivity contribution in [3.8, 4) is 0 Å². The molecule has 4 heteroatoms. The number of benzene rings is 2. The highest BCUT2D eigenvalue weighted by Crippen LogP contribution is 2.22. The van der Waals surface area contributed by atoms with Gasteiger partial charge in [0.05, 0.1) is 6.61 Å². The molecule has 2 aromatic carbocycles. The molecule has 0 fully saturated rings. The van der Waals surface area contributed by atoms with Crippen LogP contribution in [0.4, 0.5) is 0 Å². The van der Waals surface area contributed by atoms with Crippen LogP contribution in [0.2, 0.25) is 0 Å². The summed E-state index contributed by atoms with van der Waals surface area (Å²) in [6.45, 7) is 2.77. The Bertz CT molecular complexity index is 850. The van der Waals surface area contributed by atoms with Crippen LogP contribution in [0.5, 0.6) is 0 Å². The minimum absolute atomic E-state index is 0.0599. The van der Waals surface area contributed by atoms with E-state index in [4.69, 9.17) is 5.11 Å². The van der Waals surface area contributed by atoms with E-state index in [2.05, 4.69) is 35.4 Å². The first-order valence-electron chi connectivity index (χ1n) is 8.68. The van der Waals surface area contributed by atoms with Crippen LogP contribution >= 0.6 is 0 Å². The van der Waals surface area contributed by atoms with E-state index in [1.54, 1.807) is 0 Å². The van der Waals surface area contributed by atoms with E-state index in [1.165, 1.54) is 16.5 Å². The van der Waals surface area contributed by atoms with E-state index in [0.29, 0.717) is 13.0 Å². The molecule has 0 saturated carbocycles. The van der Waals surface area contributed by atoms with Crippen LogP contribution in [-0.2, 0) is 24.2 Å². The lowest BCUT2D eigenvalue weighted by molar-refractivity contribution is -0.121. The average Bonchev–Trinajstić information content (AvgIpc) is 3.05.